The van der Waals surface area contributed by atoms with Gasteiger partial charge in [-0.15, -0.1) is 0 Å². The molecule has 1 amide bonds. The number of pyridine rings is 1. The summed E-state index contributed by atoms with van der Waals surface area (Å²) in [5, 5.41) is 2.85. The third-order valence-electron chi connectivity index (χ3n) is 2.41. The third-order valence-corrected chi connectivity index (χ3v) is 2.88. The zero-order valence-corrected chi connectivity index (χ0v) is 11.2. The van der Waals surface area contributed by atoms with Gasteiger partial charge in [-0.05, 0) is 34.5 Å². The molecule has 0 spiro atoms. The molecule has 0 radical (unpaired) electrons. The van der Waals surface area contributed by atoms with Crippen molar-refractivity contribution in [1.29, 1.82) is 0 Å². The summed E-state index contributed by atoms with van der Waals surface area (Å²) in [5.41, 5.74) is 1.75. The number of nitrogens with zero attached hydrogens (tertiary/aromatic N) is 2. The van der Waals surface area contributed by atoms with E-state index in [9.17, 15) is 4.79 Å². The van der Waals surface area contributed by atoms with Gasteiger partial charge < -0.3 is 9.72 Å². The standard InChI is InChI=1S/C12H14BrN3O/c1-2-3-12(17)14-6-10-8-16-7-9(13)4-5-11(16)15-10/h4-5,7-8H,2-3,6H2,1H3,(H,14,17). The van der Waals surface area contributed by atoms with Gasteiger partial charge in [-0.25, -0.2) is 4.98 Å². The monoisotopic (exact) mass is 295 g/mol. The van der Waals surface area contributed by atoms with E-state index in [1.165, 1.54) is 0 Å². The Labute approximate surface area is 108 Å². The SMILES string of the molecule is CCCC(=O)NCc1cn2cc(Br)ccc2n1. The number of hydrogen-bond acceptors (Lipinski definition) is 2. The molecule has 5 heteroatoms. The molecule has 0 saturated carbocycles. The fourth-order valence-electron chi connectivity index (χ4n) is 1.61. The number of halogens is 1. The Hall–Kier alpha value is -1.36. The van der Waals surface area contributed by atoms with Crippen molar-refractivity contribution in [3.63, 3.8) is 0 Å². The smallest absolute Gasteiger partial charge is 0.220 e. The molecule has 0 aliphatic heterocycles. The van der Waals surface area contributed by atoms with Crippen LogP contribution in [0.25, 0.3) is 5.65 Å². The van der Waals surface area contributed by atoms with Gasteiger partial charge in [0.05, 0.1) is 12.2 Å². The van der Waals surface area contributed by atoms with Crippen molar-refractivity contribution < 1.29 is 4.79 Å². The molecular weight excluding hydrogens is 282 g/mol. The van der Waals surface area contributed by atoms with E-state index in [0.29, 0.717) is 13.0 Å². The fourth-order valence-corrected chi connectivity index (χ4v) is 1.96. The van der Waals surface area contributed by atoms with Crippen molar-refractivity contribution in [2.75, 3.05) is 0 Å². The van der Waals surface area contributed by atoms with Gasteiger partial charge in [0.25, 0.3) is 0 Å². The highest BCUT2D eigenvalue weighted by atomic mass is 79.9. The Morgan fingerprint density at radius 2 is 2.29 bits per heavy atom. The zero-order valence-electron chi connectivity index (χ0n) is 9.61. The molecule has 0 aromatic carbocycles. The molecule has 0 unspecified atom stereocenters. The lowest BCUT2D eigenvalue weighted by molar-refractivity contribution is -0.121. The van der Waals surface area contributed by atoms with Crippen LogP contribution in [0.2, 0.25) is 0 Å². The summed E-state index contributed by atoms with van der Waals surface area (Å²) in [5.74, 6) is 0.0748. The summed E-state index contributed by atoms with van der Waals surface area (Å²) >= 11 is 3.41. The quantitative estimate of drug-likeness (QED) is 0.942. The number of fused-ring (bicyclic) bond motifs is 1. The summed E-state index contributed by atoms with van der Waals surface area (Å²) in [6.45, 7) is 2.47. The van der Waals surface area contributed by atoms with Crippen LogP contribution in [0.5, 0.6) is 0 Å². The van der Waals surface area contributed by atoms with Gasteiger partial charge in [-0.1, -0.05) is 6.92 Å². The van der Waals surface area contributed by atoms with Gasteiger partial charge in [0.1, 0.15) is 5.65 Å². The zero-order chi connectivity index (χ0) is 12.3. The van der Waals surface area contributed by atoms with Crippen LogP contribution in [0.15, 0.2) is 29.0 Å². The number of carbonyl (C=O) groups is 1. The van der Waals surface area contributed by atoms with E-state index < -0.39 is 0 Å². The first-order chi connectivity index (χ1) is 8.19. The van der Waals surface area contributed by atoms with Crippen LogP contribution < -0.4 is 5.32 Å². The molecule has 2 aromatic rings. The van der Waals surface area contributed by atoms with Gasteiger partial charge in [0.15, 0.2) is 0 Å². The number of rotatable bonds is 4. The highest BCUT2D eigenvalue weighted by Crippen LogP contribution is 2.12. The van der Waals surface area contributed by atoms with E-state index in [1.54, 1.807) is 0 Å². The van der Waals surface area contributed by atoms with Gasteiger partial charge >= 0.3 is 0 Å². The van der Waals surface area contributed by atoms with Crippen molar-refractivity contribution in [2.24, 2.45) is 0 Å². The van der Waals surface area contributed by atoms with Crippen LogP contribution in [0.1, 0.15) is 25.5 Å². The number of aromatic nitrogens is 2. The van der Waals surface area contributed by atoms with Crippen molar-refractivity contribution in [3.05, 3.63) is 34.7 Å². The van der Waals surface area contributed by atoms with Gasteiger partial charge in [-0.2, -0.15) is 0 Å². The van der Waals surface area contributed by atoms with E-state index >= 15 is 0 Å². The molecule has 2 rings (SSSR count). The predicted molar refractivity (Wildman–Crippen MR) is 69.6 cm³/mol. The topological polar surface area (TPSA) is 46.4 Å². The Morgan fingerprint density at radius 1 is 1.47 bits per heavy atom. The molecule has 2 heterocycles. The first-order valence-electron chi connectivity index (χ1n) is 5.59. The predicted octanol–water partition coefficient (Wildman–Crippen LogP) is 2.51. The van der Waals surface area contributed by atoms with Crippen molar-refractivity contribution >= 4 is 27.5 Å². The van der Waals surface area contributed by atoms with Gasteiger partial charge in [-0.3, -0.25) is 4.79 Å². The second-order valence-corrected chi connectivity index (χ2v) is 4.79. The minimum atomic E-state index is 0.0748. The molecule has 0 atom stereocenters. The van der Waals surface area contributed by atoms with E-state index in [1.807, 2.05) is 35.9 Å². The van der Waals surface area contributed by atoms with Crippen LogP contribution >= 0.6 is 15.9 Å². The lowest BCUT2D eigenvalue weighted by Gasteiger charge is -2.00. The first-order valence-corrected chi connectivity index (χ1v) is 6.38. The minimum absolute atomic E-state index is 0.0748. The largest absolute Gasteiger partial charge is 0.350 e. The Kier molecular flexibility index (Phi) is 3.78. The maximum absolute atomic E-state index is 11.3. The van der Waals surface area contributed by atoms with Crippen LogP contribution in [-0.2, 0) is 11.3 Å². The molecule has 0 bridgehead atoms. The second-order valence-electron chi connectivity index (χ2n) is 3.87. The number of hydrogen-bond donors (Lipinski definition) is 1. The molecule has 1 N–H and O–H groups in total. The average Bonchev–Trinajstić information content (AvgIpc) is 2.68. The molecule has 4 nitrogen and oxygen atoms in total. The molecule has 0 aliphatic rings. The summed E-state index contributed by atoms with van der Waals surface area (Å²) in [6.07, 6.45) is 5.30. The van der Waals surface area contributed by atoms with Crippen molar-refractivity contribution in [3.8, 4) is 0 Å². The molecule has 2 aromatic heterocycles. The lowest BCUT2D eigenvalue weighted by atomic mass is 10.3. The lowest BCUT2D eigenvalue weighted by Crippen LogP contribution is -2.22. The van der Waals surface area contributed by atoms with Crippen LogP contribution in [-0.4, -0.2) is 15.3 Å². The van der Waals surface area contributed by atoms with Crippen LogP contribution in [0, 0.1) is 0 Å². The number of carbonyl (C=O) groups excluding carboxylic acids is 1. The molecule has 90 valence electrons. The summed E-state index contributed by atoms with van der Waals surface area (Å²) < 4.78 is 2.94. The van der Waals surface area contributed by atoms with Crippen LogP contribution in [0.4, 0.5) is 0 Å². The molecule has 0 saturated heterocycles. The highest BCUT2D eigenvalue weighted by Gasteiger charge is 2.04. The minimum Gasteiger partial charge on any atom is -0.350 e. The number of amides is 1. The number of imidazole rings is 1. The summed E-state index contributed by atoms with van der Waals surface area (Å²) in [7, 11) is 0. The van der Waals surface area contributed by atoms with Crippen LogP contribution in [0.3, 0.4) is 0 Å². The third kappa shape index (κ3) is 3.06. The highest BCUT2D eigenvalue weighted by molar-refractivity contribution is 9.10. The van der Waals surface area contributed by atoms with Crippen molar-refractivity contribution in [1.82, 2.24) is 14.7 Å². The number of nitrogens with one attached hydrogen (secondary N) is 1. The maximum atomic E-state index is 11.3. The van der Waals surface area contributed by atoms with Crippen molar-refractivity contribution in [2.45, 2.75) is 26.3 Å². The second kappa shape index (κ2) is 5.31. The Balaban J connectivity index is 2.07. The Bertz CT molecular complexity index is 536. The maximum Gasteiger partial charge on any atom is 0.220 e. The summed E-state index contributed by atoms with van der Waals surface area (Å²) in [4.78, 5) is 15.7. The van der Waals surface area contributed by atoms with Gasteiger partial charge in [0, 0.05) is 23.3 Å². The molecule has 0 aliphatic carbocycles. The van der Waals surface area contributed by atoms with E-state index in [2.05, 4.69) is 26.2 Å². The normalized spacial score (nSPS) is 10.7. The average molecular weight is 296 g/mol. The summed E-state index contributed by atoms with van der Waals surface area (Å²) in [6, 6.07) is 3.88. The van der Waals surface area contributed by atoms with E-state index in [0.717, 1.165) is 22.2 Å². The van der Waals surface area contributed by atoms with Gasteiger partial charge in [0.2, 0.25) is 5.91 Å². The molecule has 0 fully saturated rings. The van der Waals surface area contributed by atoms with E-state index in [4.69, 9.17) is 0 Å². The van der Waals surface area contributed by atoms with E-state index in [-0.39, 0.29) is 5.91 Å². The first kappa shape index (κ1) is 12.1. The fraction of sp³-hybridized carbons (Fsp3) is 0.333. The molecule has 17 heavy (non-hydrogen) atoms. The Morgan fingerprint density at radius 3 is 3.06 bits per heavy atom. The molecular formula is C12H14BrN3O.